The summed E-state index contributed by atoms with van der Waals surface area (Å²) in [5, 5.41) is 3.88. The molecule has 1 atom stereocenters. The SMILES string of the molecule is CCC(F)Cn1cccn1. The predicted molar refractivity (Wildman–Crippen MR) is 37.4 cm³/mol. The van der Waals surface area contributed by atoms with Crippen molar-refractivity contribution in [3.8, 4) is 0 Å². The smallest absolute Gasteiger partial charge is 0.119 e. The third-order valence-corrected chi connectivity index (χ3v) is 1.39. The second kappa shape index (κ2) is 3.34. The van der Waals surface area contributed by atoms with Crippen molar-refractivity contribution in [3.05, 3.63) is 18.5 Å². The van der Waals surface area contributed by atoms with Crippen molar-refractivity contribution in [1.29, 1.82) is 0 Å². The molecule has 1 heterocycles. The molecule has 1 rings (SSSR count). The third-order valence-electron chi connectivity index (χ3n) is 1.39. The fourth-order valence-corrected chi connectivity index (χ4v) is 0.741. The van der Waals surface area contributed by atoms with Crippen LogP contribution in [0.25, 0.3) is 0 Å². The van der Waals surface area contributed by atoms with E-state index in [4.69, 9.17) is 0 Å². The normalized spacial score (nSPS) is 13.4. The molecule has 0 N–H and O–H groups in total. The van der Waals surface area contributed by atoms with Crippen LogP contribution in [0.1, 0.15) is 13.3 Å². The molecule has 0 radical (unpaired) electrons. The summed E-state index contributed by atoms with van der Waals surface area (Å²) in [6.07, 6.45) is 3.21. The highest BCUT2D eigenvalue weighted by molar-refractivity contribution is 4.78. The van der Waals surface area contributed by atoms with Crippen LogP contribution in [-0.4, -0.2) is 16.0 Å². The molecule has 0 aliphatic heterocycles. The first-order valence-electron chi connectivity index (χ1n) is 3.44. The Morgan fingerprint density at radius 1 is 1.70 bits per heavy atom. The first-order valence-corrected chi connectivity index (χ1v) is 3.44. The second-order valence-corrected chi connectivity index (χ2v) is 2.23. The van der Waals surface area contributed by atoms with Gasteiger partial charge in [-0.05, 0) is 12.5 Å². The summed E-state index contributed by atoms with van der Waals surface area (Å²) >= 11 is 0. The van der Waals surface area contributed by atoms with Gasteiger partial charge in [-0.3, -0.25) is 4.68 Å². The van der Waals surface area contributed by atoms with E-state index in [1.165, 1.54) is 0 Å². The predicted octanol–water partition coefficient (Wildman–Crippen LogP) is 1.63. The van der Waals surface area contributed by atoms with Gasteiger partial charge in [0.2, 0.25) is 0 Å². The van der Waals surface area contributed by atoms with Crippen LogP contribution in [0.5, 0.6) is 0 Å². The largest absolute Gasteiger partial charge is 0.270 e. The maximum Gasteiger partial charge on any atom is 0.119 e. The molecule has 0 aromatic carbocycles. The van der Waals surface area contributed by atoms with Crippen LogP contribution in [0.15, 0.2) is 18.5 Å². The van der Waals surface area contributed by atoms with Gasteiger partial charge in [0, 0.05) is 12.4 Å². The second-order valence-electron chi connectivity index (χ2n) is 2.23. The van der Waals surface area contributed by atoms with Crippen molar-refractivity contribution in [2.24, 2.45) is 0 Å². The first kappa shape index (κ1) is 7.25. The Morgan fingerprint density at radius 2 is 2.50 bits per heavy atom. The molecule has 0 bridgehead atoms. The van der Waals surface area contributed by atoms with Gasteiger partial charge in [0.1, 0.15) is 6.17 Å². The van der Waals surface area contributed by atoms with Crippen LogP contribution in [0, 0.1) is 0 Å². The molecule has 0 amide bonds. The molecule has 1 aromatic heterocycles. The number of nitrogens with zero attached hydrogens (tertiary/aromatic N) is 2. The van der Waals surface area contributed by atoms with Gasteiger partial charge in [-0.1, -0.05) is 6.92 Å². The van der Waals surface area contributed by atoms with Crippen molar-refractivity contribution >= 4 is 0 Å². The molecule has 1 aromatic rings. The molecule has 0 aliphatic rings. The zero-order valence-electron chi connectivity index (χ0n) is 6.00. The molecule has 0 aliphatic carbocycles. The van der Waals surface area contributed by atoms with Crippen molar-refractivity contribution in [1.82, 2.24) is 9.78 Å². The lowest BCUT2D eigenvalue weighted by Gasteiger charge is -2.03. The van der Waals surface area contributed by atoms with Crippen LogP contribution in [0.4, 0.5) is 4.39 Å². The molecule has 56 valence electrons. The third kappa shape index (κ3) is 1.83. The quantitative estimate of drug-likeness (QED) is 0.627. The van der Waals surface area contributed by atoms with Crippen LogP contribution in [-0.2, 0) is 6.54 Å². The molecule has 0 fully saturated rings. The highest BCUT2D eigenvalue weighted by Gasteiger charge is 2.02. The maximum absolute atomic E-state index is 12.6. The first-order chi connectivity index (χ1) is 4.83. The van der Waals surface area contributed by atoms with Gasteiger partial charge in [0.15, 0.2) is 0 Å². The summed E-state index contributed by atoms with van der Waals surface area (Å²) in [6, 6.07) is 1.79. The van der Waals surface area contributed by atoms with E-state index in [0.717, 1.165) is 0 Å². The highest BCUT2D eigenvalue weighted by Crippen LogP contribution is 1.99. The minimum absolute atomic E-state index is 0.378. The summed E-state index contributed by atoms with van der Waals surface area (Å²) in [6.45, 7) is 2.21. The topological polar surface area (TPSA) is 17.8 Å². The van der Waals surface area contributed by atoms with Crippen LogP contribution < -0.4 is 0 Å². The average molecular weight is 142 g/mol. The van der Waals surface area contributed by atoms with Crippen LogP contribution in [0.2, 0.25) is 0 Å². The van der Waals surface area contributed by atoms with E-state index in [2.05, 4.69) is 5.10 Å². The van der Waals surface area contributed by atoms with E-state index in [0.29, 0.717) is 13.0 Å². The van der Waals surface area contributed by atoms with E-state index in [1.807, 2.05) is 6.92 Å². The summed E-state index contributed by atoms with van der Waals surface area (Å²) in [5.41, 5.74) is 0. The van der Waals surface area contributed by atoms with Gasteiger partial charge in [-0.15, -0.1) is 0 Å². The molecule has 2 nitrogen and oxygen atoms in total. The highest BCUT2D eigenvalue weighted by atomic mass is 19.1. The summed E-state index contributed by atoms with van der Waals surface area (Å²) in [5.74, 6) is 0. The maximum atomic E-state index is 12.6. The molecule has 0 spiro atoms. The zero-order chi connectivity index (χ0) is 7.40. The molecule has 3 heteroatoms. The minimum atomic E-state index is -0.764. The summed E-state index contributed by atoms with van der Waals surface area (Å²) < 4.78 is 14.2. The van der Waals surface area contributed by atoms with Gasteiger partial charge in [-0.25, -0.2) is 4.39 Å². The van der Waals surface area contributed by atoms with E-state index in [1.54, 1.807) is 23.1 Å². The molecular weight excluding hydrogens is 131 g/mol. The fraction of sp³-hybridized carbons (Fsp3) is 0.571. The number of alkyl halides is 1. The van der Waals surface area contributed by atoms with Gasteiger partial charge in [-0.2, -0.15) is 5.10 Å². The Balaban J connectivity index is 2.40. The number of hydrogen-bond acceptors (Lipinski definition) is 1. The standard InChI is InChI=1S/C7H11FN2/c1-2-7(8)6-10-5-3-4-9-10/h3-5,7H,2,6H2,1H3. The van der Waals surface area contributed by atoms with E-state index < -0.39 is 6.17 Å². The van der Waals surface area contributed by atoms with E-state index >= 15 is 0 Å². The van der Waals surface area contributed by atoms with Crippen LogP contribution in [0.3, 0.4) is 0 Å². The number of hydrogen-bond donors (Lipinski definition) is 0. The minimum Gasteiger partial charge on any atom is -0.270 e. The Hall–Kier alpha value is -0.860. The van der Waals surface area contributed by atoms with Gasteiger partial charge >= 0.3 is 0 Å². The van der Waals surface area contributed by atoms with Crippen molar-refractivity contribution in [3.63, 3.8) is 0 Å². The number of halogens is 1. The monoisotopic (exact) mass is 142 g/mol. The Kier molecular flexibility index (Phi) is 2.42. The molecule has 0 saturated heterocycles. The summed E-state index contributed by atoms with van der Waals surface area (Å²) in [4.78, 5) is 0. The van der Waals surface area contributed by atoms with E-state index in [9.17, 15) is 4.39 Å². The summed E-state index contributed by atoms with van der Waals surface area (Å²) in [7, 11) is 0. The van der Waals surface area contributed by atoms with Crippen molar-refractivity contribution in [2.45, 2.75) is 26.1 Å². The lowest BCUT2D eigenvalue weighted by atomic mass is 10.3. The van der Waals surface area contributed by atoms with Crippen LogP contribution >= 0.6 is 0 Å². The van der Waals surface area contributed by atoms with Gasteiger partial charge < -0.3 is 0 Å². The molecule has 10 heavy (non-hydrogen) atoms. The van der Waals surface area contributed by atoms with E-state index in [-0.39, 0.29) is 0 Å². The van der Waals surface area contributed by atoms with Crippen molar-refractivity contribution < 1.29 is 4.39 Å². The van der Waals surface area contributed by atoms with Gasteiger partial charge in [0.05, 0.1) is 6.54 Å². The fourth-order valence-electron chi connectivity index (χ4n) is 0.741. The molecular formula is C7H11FN2. The lowest BCUT2D eigenvalue weighted by molar-refractivity contribution is 0.277. The average Bonchev–Trinajstić information content (AvgIpc) is 2.40. The Labute approximate surface area is 59.7 Å². The Bertz CT molecular complexity index is 172. The van der Waals surface area contributed by atoms with Gasteiger partial charge in [0.25, 0.3) is 0 Å². The Morgan fingerprint density at radius 3 is 3.00 bits per heavy atom. The van der Waals surface area contributed by atoms with Crippen molar-refractivity contribution in [2.75, 3.05) is 0 Å². The zero-order valence-corrected chi connectivity index (χ0v) is 6.00. The number of rotatable bonds is 3. The lowest BCUT2D eigenvalue weighted by Crippen LogP contribution is -2.10. The number of aromatic nitrogens is 2. The molecule has 1 unspecified atom stereocenters. The molecule has 0 saturated carbocycles.